The third-order valence-electron chi connectivity index (χ3n) is 0.791. The summed E-state index contributed by atoms with van der Waals surface area (Å²) < 4.78 is 8.83. The summed E-state index contributed by atoms with van der Waals surface area (Å²) in [4.78, 5) is 20.6. The van der Waals surface area contributed by atoms with Crippen LogP contribution in [0.25, 0.3) is 0 Å². The highest BCUT2D eigenvalue weighted by atomic mass is 16.7. The summed E-state index contributed by atoms with van der Waals surface area (Å²) in [6.45, 7) is 6.39. The average Bonchev–Trinajstić information content (AvgIpc) is 2.01. The molecular formula is C8H8O5. The van der Waals surface area contributed by atoms with Crippen molar-refractivity contribution in [2.75, 3.05) is 0 Å². The molecule has 0 aliphatic carbocycles. The van der Waals surface area contributed by atoms with E-state index in [-0.39, 0.29) is 5.95 Å². The van der Waals surface area contributed by atoms with Gasteiger partial charge < -0.3 is 14.6 Å². The maximum absolute atomic E-state index is 10.7. The predicted octanol–water partition coefficient (Wildman–Crippen LogP) is 0.802. The number of carbonyl (C=O) groups is 2. The molecule has 5 nitrogen and oxygen atoms in total. The highest BCUT2D eigenvalue weighted by Gasteiger charge is 2.01. The molecule has 0 spiro atoms. The van der Waals surface area contributed by atoms with Crippen LogP contribution >= 0.6 is 0 Å². The van der Waals surface area contributed by atoms with Gasteiger partial charge in [-0.2, -0.15) is 0 Å². The summed E-state index contributed by atoms with van der Waals surface area (Å²) in [6.07, 6.45) is 2.40. The van der Waals surface area contributed by atoms with Crippen molar-refractivity contribution in [3.63, 3.8) is 0 Å². The normalized spacial score (nSPS) is 9.23. The van der Waals surface area contributed by atoms with Crippen molar-refractivity contribution in [2.24, 2.45) is 0 Å². The molecule has 0 saturated heterocycles. The average molecular weight is 184 g/mol. The monoisotopic (exact) mass is 184 g/mol. The van der Waals surface area contributed by atoms with Crippen LogP contribution in [-0.2, 0) is 19.1 Å². The lowest BCUT2D eigenvalue weighted by Gasteiger charge is -2.01. The topological polar surface area (TPSA) is 72.8 Å². The lowest BCUT2D eigenvalue weighted by atomic mass is 10.5. The number of rotatable bonds is 5. The van der Waals surface area contributed by atoms with E-state index >= 15 is 0 Å². The fourth-order valence-corrected chi connectivity index (χ4v) is 0.403. The number of ether oxygens (including phenoxy) is 2. The molecule has 13 heavy (non-hydrogen) atoms. The predicted molar refractivity (Wildman–Crippen MR) is 43.3 cm³/mol. The Morgan fingerprint density at radius 1 is 1.31 bits per heavy atom. The van der Waals surface area contributed by atoms with Crippen LogP contribution in [0.4, 0.5) is 0 Å². The summed E-state index contributed by atoms with van der Waals surface area (Å²) in [5.74, 6) is -2.39. The SMILES string of the molecule is C=COC(=C)OC(=O)/C=C\C(=O)O. The maximum atomic E-state index is 10.7. The van der Waals surface area contributed by atoms with Crippen LogP contribution < -0.4 is 0 Å². The minimum Gasteiger partial charge on any atom is -0.478 e. The van der Waals surface area contributed by atoms with Gasteiger partial charge in [0.15, 0.2) is 0 Å². The Morgan fingerprint density at radius 2 is 1.92 bits per heavy atom. The van der Waals surface area contributed by atoms with Crippen LogP contribution in [0.5, 0.6) is 0 Å². The smallest absolute Gasteiger partial charge is 0.338 e. The molecule has 0 aromatic heterocycles. The van der Waals surface area contributed by atoms with E-state index < -0.39 is 11.9 Å². The molecule has 70 valence electrons. The Bertz CT molecular complexity index is 264. The van der Waals surface area contributed by atoms with E-state index in [4.69, 9.17) is 5.11 Å². The zero-order valence-electron chi connectivity index (χ0n) is 6.73. The third kappa shape index (κ3) is 6.36. The quantitative estimate of drug-likeness (QED) is 0.388. The molecule has 0 fully saturated rings. The molecule has 0 aliphatic rings. The Kier molecular flexibility index (Phi) is 4.71. The van der Waals surface area contributed by atoms with E-state index in [1.165, 1.54) is 0 Å². The molecule has 5 heteroatoms. The van der Waals surface area contributed by atoms with E-state index in [1.807, 2.05) is 0 Å². The van der Waals surface area contributed by atoms with Gasteiger partial charge in [-0.25, -0.2) is 9.59 Å². The van der Waals surface area contributed by atoms with E-state index in [2.05, 4.69) is 22.6 Å². The molecule has 0 atom stereocenters. The number of carboxylic acids is 1. The minimum absolute atomic E-state index is 0.268. The molecule has 0 amide bonds. The molecule has 1 N–H and O–H groups in total. The van der Waals surface area contributed by atoms with E-state index in [1.54, 1.807) is 0 Å². The number of aliphatic carboxylic acids is 1. The van der Waals surface area contributed by atoms with Gasteiger partial charge in [0, 0.05) is 12.2 Å². The fraction of sp³-hybridized carbons (Fsp3) is 0. The summed E-state index contributed by atoms with van der Waals surface area (Å²) in [7, 11) is 0. The molecular weight excluding hydrogens is 176 g/mol. The van der Waals surface area contributed by atoms with Gasteiger partial charge in [0.05, 0.1) is 6.26 Å². The first kappa shape index (κ1) is 11.0. The number of esters is 1. The molecule has 0 aromatic carbocycles. The van der Waals surface area contributed by atoms with Crippen LogP contribution in [0, 0.1) is 0 Å². The molecule has 0 aromatic rings. The van der Waals surface area contributed by atoms with Crippen molar-refractivity contribution in [3.05, 3.63) is 37.5 Å². The van der Waals surface area contributed by atoms with E-state index in [0.717, 1.165) is 12.3 Å². The highest BCUT2D eigenvalue weighted by molar-refractivity contribution is 5.91. The molecule has 0 rings (SSSR count). The van der Waals surface area contributed by atoms with Gasteiger partial charge in [0.2, 0.25) is 0 Å². The molecule has 0 aliphatic heterocycles. The van der Waals surface area contributed by atoms with Crippen molar-refractivity contribution < 1.29 is 24.2 Å². The first-order valence-corrected chi connectivity index (χ1v) is 3.15. The van der Waals surface area contributed by atoms with Gasteiger partial charge in [-0.1, -0.05) is 6.58 Å². The van der Waals surface area contributed by atoms with Gasteiger partial charge >= 0.3 is 11.9 Å². The van der Waals surface area contributed by atoms with Crippen molar-refractivity contribution in [1.82, 2.24) is 0 Å². The lowest BCUT2D eigenvalue weighted by molar-refractivity contribution is -0.138. The minimum atomic E-state index is -1.24. The zero-order valence-corrected chi connectivity index (χ0v) is 6.73. The second-order valence-electron chi connectivity index (χ2n) is 1.75. The second kappa shape index (κ2) is 5.59. The van der Waals surface area contributed by atoms with Crippen LogP contribution in [0.2, 0.25) is 0 Å². The van der Waals surface area contributed by atoms with Crippen LogP contribution in [0.1, 0.15) is 0 Å². The number of hydrogen-bond acceptors (Lipinski definition) is 4. The first-order chi connectivity index (χ1) is 6.06. The van der Waals surface area contributed by atoms with E-state index in [0.29, 0.717) is 6.08 Å². The van der Waals surface area contributed by atoms with Crippen LogP contribution in [0.15, 0.2) is 37.5 Å². The summed E-state index contributed by atoms with van der Waals surface area (Å²) in [5.41, 5.74) is 0. The highest BCUT2D eigenvalue weighted by Crippen LogP contribution is 1.97. The van der Waals surface area contributed by atoms with Gasteiger partial charge in [-0.05, 0) is 6.58 Å². The summed E-state index contributed by atoms with van der Waals surface area (Å²) in [5, 5.41) is 8.14. The van der Waals surface area contributed by atoms with Gasteiger partial charge in [0.1, 0.15) is 0 Å². The van der Waals surface area contributed by atoms with Crippen molar-refractivity contribution in [3.8, 4) is 0 Å². The Balaban J connectivity index is 3.94. The number of hydrogen-bond donors (Lipinski definition) is 1. The van der Waals surface area contributed by atoms with E-state index in [9.17, 15) is 9.59 Å². The Labute approximate surface area is 74.6 Å². The second-order valence-corrected chi connectivity index (χ2v) is 1.75. The zero-order chi connectivity index (χ0) is 10.3. The number of carbonyl (C=O) groups excluding carboxylic acids is 1. The molecule has 0 radical (unpaired) electrons. The fourth-order valence-electron chi connectivity index (χ4n) is 0.403. The van der Waals surface area contributed by atoms with Gasteiger partial charge in [0.25, 0.3) is 5.95 Å². The molecule has 0 heterocycles. The lowest BCUT2D eigenvalue weighted by Crippen LogP contribution is -2.01. The maximum Gasteiger partial charge on any atom is 0.338 e. The Morgan fingerprint density at radius 3 is 2.38 bits per heavy atom. The standard InChI is InChI=1S/C8H8O5/c1-3-12-6(2)13-8(11)5-4-7(9)10/h3-5H,1-2H2,(H,9,10)/b5-4-. The molecule has 0 bridgehead atoms. The van der Waals surface area contributed by atoms with Gasteiger partial charge in [-0.15, -0.1) is 0 Å². The molecule has 0 saturated carbocycles. The molecule has 0 unspecified atom stereocenters. The summed E-state index contributed by atoms with van der Waals surface area (Å²) in [6, 6.07) is 0. The van der Waals surface area contributed by atoms with Gasteiger partial charge in [-0.3, -0.25) is 0 Å². The Hall–Kier alpha value is -2.04. The first-order valence-electron chi connectivity index (χ1n) is 3.15. The number of carboxylic acid groups (broad SMARTS) is 1. The largest absolute Gasteiger partial charge is 0.478 e. The van der Waals surface area contributed by atoms with Crippen molar-refractivity contribution in [1.29, 1.82) is 0 Å². The van der Waals surface area contributed by atoms with Crippen molar-refractivity contribution >= 4 is 11.9 Å². The third-order valence-corrected chi connectivity index (χ3v) is 0.791. The summed E-state index contributed by atoms with van der Waals surface area (Å²) >= 11 is 0. The van der Waals surface area contributed by atoms with Crippen molar-refractivity contribution in [2.45, 2.75) is 0 Å². The van der Waals surface area contributed by atoms with Crippen LogP contribution in [-0.4, -0.2) is 17.0 Å². The van der Waals surface area contributed by atoms with Crippen LogP contribution in [0.3, 0.4) is 0 Å².